The monoisotopic (exact) mass is 595 g/mol. The van der Waals surface area contributed by atoms with Crippen LogP contribution in [-0.2, 0) is 47.5 Å². The molecule has 17 heteroatoms. The van der Waals surface area contributed by atoms with Crippen LogP contribution in [0.1, 0.15) is 40.8 Å². The third kappa shape index (κ3) is 6.07. The molecule has 5 heterocycles. The maximum atomic E-state index is 11.6. The van der Waals surface area contributed by atoms with Crippen molar-refractivity contribution in [2.45, 2.75) is 95.7 Å². The minimum absolute atomic E-state index is 0.178. The van der Waals surface area contributed by atoms with Gasteiger partial charge in [-0.15, -0.1) is 0 Å². The van der Waals surface area contributed by atoms with Crippen LogP contribution in [0.25, 0.3) is 11.2 Å². The zero-order chi connectivity index (χ0) is 30.3. The third-order valence-corrected chi connectivity index (χ3v) is 6.87. The Hall–Kier alpha value is -3.32. The number of nitrogens with zero attached hydrogens (tertiary/aromatic N) is 4. The second-order valence-electron chi connectivity index (χ2n) is 10.6. The second kappa shape index (κ2) is 11.8. The number of aliphatic hydroxyl groups is 2. The van der Waals surface area contributed by atoms with Crippen molar-refractivity contribution in [1.29, 1.82) is 0 Å². The first-order valence-corrected chi connectivity index (χ1v) is 13.2. The molecular weight excluding hydrogens is 562 g/mol. The van der Waals surface area contributed by atoms with Gasteiger partial charge in [-0.05, 0) is 13.8 Å². The first-order valence-electron chi connectivity index (χ1n) is 13.2. The van der Waals surface area contributed by atoms with E-state index in [2.05, 4.69) is 20.3 Å². The Morgan fingerprint density at radius 2 is 1.71 bits per heavy atom. The summed E-state index contributed by atoms with van der Waals surface area (Å²) in [5.41, 5.74) is 0.728. The number of ether oxygens (including phenoxy) is 7. The van der Waals surface area contributed by atoms with Crippen LogP contribution in [-0.4, -0.2) is 116 Å². The fourth-order valence-corrected chi connectivity index (χ4v) is 5.22. The summed E-state index contributed by atoms with van der Waals surface area (Å²) in [5, 5.41) is 24.0. The van der Waals surface area contributed by atoms with Crippen molar-refractivity contribution < 1.29 is 57.8 Å². The Morgan fingerprint density at radius 1 is 0.976 bits per heavy atom. The van der Waals surface area contributed by atoms with Crippen molar-refractivity contribution >= 4 is 34.8 Å². The first kappa shape index (κ1) is 30.1. The Morgan fingerprint density at radius 3 is 2.40 bits per heavy atom. The number of imidazole rings is 1. The van der Waals surface area contributed by atoms with Crippen LogP contribution >= 0.6 is 0 Å². The van der Waals surface area contributed by atoms with E-state index in [0.717, 1.165) is 6.92 Å². The van der Waals surface area contributed by atoms with Gasteiger partial charge in [-0.1, -0.05) is 0 Å². The van der Waals surface area contributed by atoms with E-state index in [9.17, 15) is 24.6 Å². The van der Waals surface area contributed by atoms with Crippen LogP contribution in [0.4, 0.5) is 5.82 Å². The fraction of sp³-hybridized carbons (Fsp3) is 0.680. The van der Waals surface area contributed by atoms with E-state index < -0.39 is 73.0 Å². The Labute approximate surface area is 239 Å². The van der Waals surface area contributed by atoms with Crippen LogP contribution in [0.5, 0.6) is 0 Å². The number of carbonyl (C=O) groups is 3. The number of esters is 2. The highest BCUT2D eigenvalue weighted by Crippen LogP contribution is 2.44. The number of rotatable bonds is 8. The molecule has 0 bridgehead atoms. The van der Waals surface area contributed by atoms with Crippen molar-refractivity contribution in [3.63, 3.8) is 0 Å². The Balaban J connectivity index is 1.34. The van der Waals surface area contributed by atoms with Crippen molar-refractivity contribution in [1.82, 2.24) is 19.5 Å². The van der Waals surface area contributed by atoms with Gasteiger partial charge in [-0.3, -0.25) is 19.0 Å². The summed E-state index contributed by atoms with van der Waals surface area (Å²) in [6, 6.07) is 0. The molecule has 0 unspecified atom stereocenters. The molecule has 42 heavy (non-hydrogen) atoms. The van der Waals surface area contributed by atoms with E-state index in [0.29, 0.717) is 11.2 Å². The van der Waals surface area contributed by atoms with Gasteiger partial charge in [0.05, 0.1) is 12.9 Å². The first-order chi connectivity index (χ1) is 19.8. The summed E-state index contributed by atoms with van der Waals surface area (Å²) in [6.07, 6.45) is -7.04. The lowest BCUT2D eigenvalue weighted by atomic mass is 9.99. The van der Waals surface area contributed by atoms with Gasteiger partial charge in [0.2, 0.25) is 5.91 Å². The number of hydrogen-bond donors (Lipinski definition) is 3. The second-order valence-corrected chi connectivity index (χ2v) is 10.6. The zero-order valence-corrected chi connectivity index (χ0v) is 23.5. The van der Waals surface area contributed by atoms with Crippen LogP contribution in [0.3, 0.4) is 0 Å². The third-order valence-electron chi connectivity index (χ3n) is 6.87. The standard InChI is InChI=1S/C25H33N5O12/c1-10(31)29-21-15-22(27-8-26-21)30(9-28-15)23-20-19(41-25(4,5)42-20)14(39-23)7-37-24-17(35)16(34)18(38-12(3)33)13(40-24)6-36-11(2)32/h8-9,13-14,16-20,23-24,34-35H,6-7H2,1-5H3,(H,26,27,29,31)/t13-,14-,16-,17+,18-,19-,20-,23-,24+/m1/s1. The van der Waals surface area contributed by atoms with Crippen LogP contribution in [0.15, 0.2) is 12.7 Å². The number of fused-ring (bicyclic) bond motifs is 2. The molecule has 3 aliphatic rings. The number of aliphatic hydroxyl groups excluding tert-OH is 2. The molecule has 0 spiro atoms. The molecule has 1 amide bonds. The number of aromatic nitrogens is 4. The lowest BCUT2D eigenvalue weighted by molar-refractivity contribution is -0.309. The lowest BCUT2D eigenvalue weighted by Crippen LogP contribution is -2.61. The maximum Gasteiger partial charge on any atom is 0.303 e. The summed E-state index contributed by atoms with van der Waals surface area (Å²) in [7, 11) is 0. The van der Waals surface area contributed by atoms with E-state index in [1.807, 2.05) is 0 Å². The number of anilines is 1. The van der Waals surface area contributed by atoms with Gasteiger partial charge in [0.1, 0.15) is 49.6 Å². The van der Waals surface area contributed by atoms with Crippen LogP contribution < -0.4 is 5.32 Å². The minimum atomic E-state index is -1.62. The molecule has 5 rings (SSSR count). The molecule has 3 fully saturated rings. The zero-order valence-electron chi connectivity index (χ0n) is 23.5. The maximum absolute atomic E-state index is 11.6. The van der Waals surface area contributed by atoms with Gasteiger partial charge in [0, 0.05) is 20.8 Å². The number of amides is 1. The van der Waals surface area contributed by atoms with Gasteiger partial charge in [-0.2, -0.15) is 0 Å². The topological polar surface area (TPSA) is 212 Å². The van der Waals surface area contributed by atoms with Gasteiger partial charge in [0.25, 0.3) is 0 Å². The number of hydrogen-bond acceptors (Lipinski definition) is 15. The van der Waals surface area contributed by atoms with Crippen LogP contribution in [0, 0.1) is 0 Å². The molecule has 0 aliphatic carbocycles. The normalized spacial score (nSPS) is 33.7. The highest BCUT2D eigenvalue weighted by molar-refractivity contribution is 5.95. The number of nitrogens with one attached hydrogen (secondary N) is 1. The van der Waals surface area contributed by atoms with E-state index in [1.165, 1.54) is 26.5 Å². The van der Waals surface area contributed by atoms with E-state index in [4.69, 9.17) is 33.2 Å². The Kier molecular flexibility index (Phi) is 8.44. The van der Waals surface area contributed by atoms with Crippen LogP contribution in [0.2, 0.25) is 0 Å². The van der Waals surface area contributed by atoms with Gasteiger partial charge < -0.3 is 48.7 Å². The highest BCUT2D eigenvalue weighted by Gasteiger charge is 2.57. The predicted octanol–water partition coefficient (Wildman–Crippen LogP) is -0.840. The van der Waals surface area contributed by atoms with Crippen molar-refractivity contribution in [2.75, 3.05) is 18.5 Å². The van der Waals surface area contributed by atoms with Crippen molar-refractivity contribution in [2.24, 2.45) is 0 Å². The SMILES string of the molecule is CC(=O)Nc1ncnc2c1ncn2[C@@H]1O[C@H](CO[C@H]2O[C@H](COC(C)=O)[C@@H](OC(C)=O)[C@H](O)[C@@H]2O)[C@H]2OC(C)(C)O[C@H]21. The molecule has 9 atom stereocenters. The molecule has 0 radical (unpaired) electrons. The summed E-state index contributed by atoms with van der Waals surface area (Å²) in [4.78, 5) is 47.3. The van der Waals surface area contributed by atoms with E-state index in [1.54, 1.807) is 18.4 Å². The molecule has 3 saturated heterocycles. The highest BCUT2D eigenvalue weighted by atomic mass is 16.8. The average molecular weight is 596 g/mol. The van der Waals surface area contributed by atoms with E-state index in [-0.39, 0.29) is 24.9 Å². The molecule has 3 N–H and O–H groups in total. The summed E-state index contributed by atoms with van der Waals surface area (Å²) in [5.74, 6) is -2.38. The average Bonchev–Trinajstić information content (AvgIpc) is 3.56. The van der Waals surface area contributed by atoms with Gasteiger partial charge >= 0.3 is 11.9 Å². The molecular formula is C25H33N5O12. The molecule has 17 nitrogen and oxygen atoms in total. The fourth-order valence-electron chi connectivity index (χ4n) is 5.22. The lowest BCUT2D eigenvalue weighted by Gasteiger charge is -2.41. The Bertz CT molecular complexity index is 1340. The molecule has 2 aromatic heterocycles. The quantitative estimate of drug-likeness (QED) is 0.318. The number of carbonyl (C=O) groups excluding carboxylic acids is 3. The summed E-state index contributed by atoms with van der Waals surface area (Å²) in [6.45, 7) is 6.65. The molecule has 0 saturated carbocycles. The van der Waals surface area contributed by atoms with Gasteiger partial charge in [0.15, 0.2) is 41.4 Å². The molecule has 0 aromatic carbocycles. The molecule has 3 aliphatic heterocycles. The minimum Gasteiger partial charge on any atom is -0.463 e. The van der Waals surface area contributed by atoms with Gasteiger partial charge in [-0.25, -0.2) is 15.0 Å². The van der Waals surface area contributed by atoms with Crippen molar-refractivity contribution in [3.05, 3.63) is 12.7 Å². The predicted molar refractivity (Wildman–Crippen MR) is 136 cm³/mol. The summed E-state index contributed by atoms with van der Waals surface area (Å²) >= 11 is 0. The molecule has 230 valence electrons. The molecule has 2 aromatic rings. The van der Waals surface area contributed by atoms with Crippen molar-refractivity contribution in [3.8, 4) is 0 Å². The largest absolute Gasteiger partial charge is 0.463 e. The van der Waals surface area contributed by atoms with E-state index >= 15 is 0 Å². The summed E-state index contributed by atoms with van der Waals surface area (Å²) < 4.78 is 41.9. The smallest absolute Gasteiger partial charge is 0.303 e.